The topological polar surface area (TPSA) is 128 Å². The lowest BCUT2D eigenvalue weighted by Crippen LogP contribution is -2.14. The summed E-state index contributed by atoms with van der Waals surface area (Å²) < 4.78 is 32.6. The molecule has 0 aromatic heterocycles. The predicted molar refractivity (Wildman–Crippen MR) is 116 cm³/mol. The van der Waals surface area contributed by atoms with Crippen LogP contribution in [0.3, 0.4) is 0 Å². The Morgan fingerprint density at radius 3 is 2.16 bits per heavy atom. The Balaban J connectivity index is 1.72. The van der Waals surface area contributed by atoms with Gasteiger partial charge in [-0.2, -0.15) is 0 Å². The number of nitro groups is 1. The largest absolute Gasteiger partial charge is 0.497 e. The Kier molecular flexibility index (Phi) is 6.42. The van der Waals surface area contributed by atoms with Gasteiger partial charge in [0.05, 0.1) is 27.5 Å². The van der Waals surface area contributed by atoms with E-state index in [1.807, 2.05) is 0 Å². The van der Waals surface area contributed by atoms with Gasteiger partial charge in [0.2, 0.25) is 0 Å². The minimum Gasteiger partial charge on any atom is -0.497 e. The molecular formula is C20H16ClN3O6S. The average molecular weight is 462 g/mol. The summed E-state index contributed by atoms with van der Waals surface area (Å²) in [5.41, 5.74) is 0.499. The van der Waals surface area contributed by atoms with Crippen molar-refractivity contribution in [2.75, 3.05) is 17.1 Å². The number of halogens is 1. The third-order valence-electron chi connectivity index (χ3n) is 4.17. The lowest BCUT2D eigenvalue weighted by Gasteiger charge is -2.10. The van der Waals surface area contributed by atoms with E-state index in [2.05, 4.69) is 10.0 Å². The van der Waals surface area contributed by atoms with Crippen LogP contribution in [0.15, 0.2) is 71.6 Å². The van der Waals surface area contributed by atoms with Crippen LogP contribution < -0.4 is 14.8 Å². The van der Waals surface area contributed by atoms with Crippen molar-refractivity contribution in [1.82, 2.24) is 0 Å². The molecule has 3 aromatic rings. The summed E-state index contributed by atoms with van der Waals surface area (Å²) in [5, 5.41) is 13.3. The summed E-state index contributed by atoms with van der Waals surface area (Å²) in [5.74, 6) is 0.00281. The highest BCUT2D eigenvalue weighted by Crippen LogP contribution is 2.24. The first-order valence-corrected chi connectivity index (χ1v) is 10.6. The molecule has 1 amide bonds. The molecule has 0 spiro atoms. The van der Waals surface area contributed by atoms with E-state index in [-0.39, 0.29) is 21.2 Å². The van der Waals surface area contributed by atoms with Crippen molar-refractivity contribution in [1.29, 1.82) is 0 Å². The third-order valence-corrected chi connectivity index (χ3v) is 5.88. The molecule has 2 N–H and O–H groups in total. The fourth-order valence-corrected chi connectivity index (χ4v) is 3.91. The highest BCUT2D eigenvalue weighted by atomic mass is 35.5. The number of nitro benzene ring substituents is 1. The van der Waals surface area contributed by atoms with E-state index in [1.165, 1.54) is 43.5 Å². The first kappa shape index (κ1) is 22.1. The van der Waals surface area contributed by atoms with Gasteiger partial charge >= 0.3 is 0 Å². The maximum atomic E-state index is 12.5. The number of nitrogens with zero attached hydrogens (tertiary/aromatic N) is 1. The molecule has 0 fully saturated rings. The number of nitrogens with one attached hydrogen (secondary N) is 2. The van der Waals surface area contributed by atoms with Crippen LogP contribution in [0.5, 0.6) is 5.75 Å². The quantitative estimate of drug-likeness (QED) is 0.398. The number of methoxy groups -OCH3 is 1. The number of carbonyl (C=O) groups is 1. The molecule has 0 unspecified atom stereocenters. The van der Waals surface area contributed by atoms with Crippen LogP contribution in [0.25, 0.3) is 0 Å². The van der Waals surface area contributed by atoms with Crippen LogP contribution in [0, 0.1) is 10.1 Å². The molecule has 0 saturated carbocycles. The van der Waals surface area contributed by atoms with Crippen molar-refractivity contribution < 1.29 is 22.9 Å². The molecule has 0 bridgehead atoms. The second kappa shape index (κ2) is 9.02. The molecule has 0 atom stereocenters. The van der Waals surface area contributed by atoms with Crippen LogP contribution in [0.4, 0.5) is 17.1 Å². The normalized spacial score (nSPS) is 10.9. The zero-order valence-electron chi connectivity index (χ0n) is 16.0. The van der Waals surface area contributed by atoms with Crippen LogP contribution in [0.2, 0.25) is 5.02 Å². The second-order valence-corrected chi connectivity index (χ2v) is 8.32. The number of sulfonamides is 1. The van der Waals surface area contributed by atoms with Gasteiger partial charge in [0.25, 0.3) is 21.6 Å². The van der Waals surface area contributed by atoms with E-state index in [1.54, 1.807) is 24.3 Å². The molecule has 9 nitrogen and oxygen atoms in total. The Morgan fingerprint density at radius 1 is 1.00 bits per heavy atom. The maximum absolute atomic E-state index is 12.5. The van der Waals surface area contributed by atoms with E-state index in [4.69, 9.17) is 16.3 Å². The molecule has 3 aromatic carbocycles. The standard InChI is InChI=1S/C20H16ClN3O6S/c1-30-16-7-2-14(3-8-16)23-31(28,29)17-9-4-13(5-10-17)22-20(25)18-11-6-15(24(26)27)12-19(18)21/h2-12,23H,1H3,(H,22,25). The average Bonchev–Trinajstić information content (AvgIpc) is 2.74. The maximum Gasteiger partial charge on any atom is 0.270 e. The molecule has 160 valence electrons. The first-order valence-electron chi connectivity index (χ1n) is 8.72. The number of rotatable bonds is 7. The van der Waals surface area contributed by atoms with Gasteiger partial charge in [-0.1, -0.05) is 11.6 Å². The summed E-state index contributed by atoms with van der Waals surface area (Å²) in [6.45, 7) is 0. The minimum absolute atomic E-state index is 0.00492. The molecule has 0 saturated heterocycles. The number of ether oxygens (including phenoxy) is 1. The van der Waals surface area contributed by atoms with Crippen LogP contribution in [-0.4, -0.2) is 26.4 Å². The SMILES string of the molecule is COc1ccc(NS(=O)(=O)c2ccc(NC(=O)c3ccc([N+](=O)[O-])cc3Cl)cc2)cc1. The number of hydrogen-bond acceptors (Lipinski definition) is 6. The molecule has 11 heteroatoms. The van der Waals surface area contributed by atoms with Crippen molar-refractivity contribution in [3.63, 3.8) is 0 Å². The van der Waals surface area contributed by atoms with Crippen molar-refractivity contribution in [3.8, 4) is 5.75 Å². The van der Waals surface area contributed by atoms with Crippen molar-refractivity contribution in [2.45, 2.75) is 4.90 Å². The van der Waals surface area contributed by atoms with Crippen LogP contribution in [0.1, 0.15) is 10.4 Å². The molecule has 31 heavy (non-hydrogen) atoms. The lowest BCUT2D eigenvalue weighted by atomic mass is 10.2. The smallest absolute Gasteiger partial charge is 0.270 e. The number of anilines is 2. The van der Waals surface area contributed by atoms with E-state index < -0.39 is 20.9 Å². The number of amides is 1. The summed E-state index contributed by atoms with van der Waals surface area (Å²) in [4.78, 5) is 22.5. The van der Waals surface area contributed by atoms with Crippen molar-refractivity contribution >= 4 is 44.6 Å². The summed E-state index contributed by atoms with van der Waals surface area (Å²) in [7, 11) is -2.33. The van der Waals surface area contributed by atoms with Gasteiger partial charge in [0.1, 0.15) is 5.75 Å². The summed E-state index contributed by atoms with van der Waals surface area (Å²) in [6.07, 6.45) is 0. The Morgan fingerprint density at radius 2 is 1.61 bits per heavy atom. The van der Waals surface area contributed by atoms with Gasteiger partial charge in [0, 0.05) is 23.5 Å². The minimum atomic E-state index is -3.84. The van der Waals surface area contributed by atoms with Gasteiger partial charge in [-0.15, -0.1) is 0 Å². The molecule has 0 aliphatic carbocycles. The Hall–Kier alpha value is -3.63. The van der Waals surface area contributed by atoms with Crippen molar-refractivity contribution in [3.05, 3.63) is 87.4 Å². The van der Waals surface area contributed by atoms with Crippen molar-refractivity contribution in [2.24, 2.45) is 0 Å². The van der Waals surface area contributed by atoms with E-state index >= 15 is 0 Å². The Labute approximate surface area is 182 Å². The summed E-state index contributed by atoms with van der Waals surface area (Å²) >= 11 is 5.95. The number of carbonyl (C=O) groups excluding carboxylic acids is 1. The molecule has 0 aliphatic heterocycles. The van der Waals surface area contributed by atoms with Gasteiger partial charge in [-0.05, 0) is 54.6 Å². The number of hydrogen-bond donors (Lipinski definition) is 2. The van der Waals surface area contributed by atoms with Crippen LogP contribution in [-0.2, 0) is 10.0 Å². The van der Waals surface area contributed by atoms with E-state index in [0.29, 0.717) is 17.1 Å². The fraction of sp³-hybridized carbons (Fsp3) is 0.0500. The van der Waals surface area contributed by atoms with Gasteiger partial charge < -0.3 is 10.1 Å². The number of non-ortho nitro benzene ring substituents is 1. The zero-order valence-corrected chi connectivity index (χ0v) is 17.6. The molecule has 0 aliphatic rings. The second-order valence-electron chi connectivity index (χ2n) is 6.23. The first-order chi connectivity index (χ1) is 14.7. The van der Waals surface area contributed by atoms with Gasteiger partial charge in [0.15, 0.2) is 0 Å². The van der Waals surface area contributed by atoms with E-state index in [9.17, 15) is 23.3 Å². The van der Waals surface area contributed by atoms with Crippen LogP contribution >= 0.6 is 11.6 Å². The third kappa shape index (κ3) is 5.30. The zero-order chi connectivity index (χ0) is 22.6. The molecule has 0 heterocycles. The molecule has 0 radical (unpaired) electrons. The highest BCUT2D eigenvalue weighted by Gasteiger charge is 2.17. The predicted octanol–water partition coefficient (Wildman–Crippen LogP) is 4.31. The highest BCUT2D eigenvalue weighted by molar-refractivity contribution is 7.92. The van der Waals surface area contributed by atoms with E-state index in [0.717, 1.165) is 6.07 Å². The molecular weight excluding hydrogens is 446 g/mol. The monoisotopic (exact) mass is 461 g/mol. The Bertz CT molecular complexity index is 1230. The fourth-order valence-electron chi connectivity index (χ4n) is 2.59. The summed E-state index contributed by atoms with van der Waals surface area (Å²) in [6, 6.07) is 15.4. The lowest BCUT2D eigenvalue weighted by molar-refractivity contribution is -0.384. The van der Waals surface area contributed by atoms with Gasteiger partial charge in [-0.3, -0.25) is 19.6 Å². The number of benzene rings is 3. The van der Waals surface area contributed by atoms with Gasteiger partial charge in [-0.25, -0.2) is 8.42 Å². The molecule has 3 rings (SSSR count).